The molecular formula is C17H21ClOSi. The van der Waals surface area contributed by atoms with Gasteiger partial charge in [-0.25, -0.2) is 0 Å². The highest BCUT2D eigenvalue weighted by Gasteiger charge is 2.19. The van der Waals surface area contributed by atoms with E-state index in [4.69, 9.17) is 16.0 Å². The average molecular weight is 305 g/mol. The molecule has 0 saturated heterocycles. The topological polar surface area (TPSA) is 9.23 Å². The van der Waals surface area contributed by atoms with E-state index in [1.54, 1.807) is 0 Å². The van der Waals surface area contributed by atoms with Crippen LogP contribution in [0.1, 0.15) is 23.9 Å². The fourth-order valence-electron chi connectivity index (χ4n) is 2.15. The van der Waals surface area contributed by atoms with Crippen molar-refractivity contribution in [2.24, 2.45) is 0 Å². The highest BCUT2D eigenvalue weighted by Crippen LogP contribution is 2.27. The zero-order valence-electron chi connectivity index (χ0n) is 12.1. The second kappa shape index (κ2) is 7.63. The molecule has 0 aromatic heterocycles. The molecule has 0 amide bonds. The molecular weight excluding hydrogens is 284 g/mol. The molecule has 0 aliphatic rings. The lowest BCUT2D eigenvalue weighted by Crippen LogP contribution is -2.20. The maximum atomic E-state index is 6.53. The van der Waals surface area contributed by atoms with Gasteiger partial charge in [-0.3, -0.25) is 0 Å². The minimum absolute atomic E-state index is 0.0337. The SMILES string of the molecule is CCCO[SiH](C)C(Cl)c1ccc(-c2ccccc2)cc1. The van der Waals surface area contributed by atoms with Crippen molar-refractivity contribution in [2.45, 2.75) is 24.9 Å². The van der Waals surface area contributed by atoms with E-state index in [2.05, 4.69) is 62.0 Å². The number of benzene rings is 2. The molecule has 3 heteroatoms. The zero-order chi connectivity index (χ0) is 14.4. The van der Waals surface area contributed by atoms with Crippen LogP contribution in [0, 0.1) is 0 Å². The monoisotopic (exact) mass is 304 g/mol. The molecule has 2 aromatic rings. The molecule has 0 spiro atoms. The Kier molecular flexibility index (Phi) is 5.83. The molecule has 106 valence electrons. The summed E-state index contributed by atoms with van der Waals surface area (Å²) in [5.74, 6) is 0. The van der Waals surface area contributed by atoms with Crippen molar-refractivity contribution in [1.29, 1.82) is 0 Å². The number of hydrogen-bond donors (Lipinski definition) is 0. The van der Waals surface area contributed by atoms with Gasteiger partial charge in [0.1, 0.15) is 0 Å². The molecule has 0 fully saturated rings. The van der Waals surface area contributed by atoms with Crippen molar-refractivity contribution in [1.82, 2.24) is 0 Å². The van der Waals surface area contributed by atoms with Crippen LogP contribution in [-0.2, 0) is 4.43 Å². The van der Waals surface area contributed by atoms with Crippen molar-refractivity contribution in [3.8, 4) is 11.1 Å². The summed E-state index contributed by atoms with van der Waals surface area (Å²) in [5.41, 5.74) is 3.63. The summed E-state index contributed by atoms with van der Waals surface area (Å²) in [6.07, 6.45) is 1.05. The molecule has 1 nitrogen and oxygen atoms in total. The lowest BCUT2D eigenvalue weighted by molar-refractivity contribution is 0.320. The summed E-state index contributed by atoms with van der Waals surface area (Å²) in [6, 6.07) is 18.9. The summed E-state index contributed by atoms with van der Waals surface area (Å²) < 4.78 is 5.83. The Balaban J connectivity index is 2.08. The van der Waals surface area contributed by atoms with Gasteiger partial charge in [-0.2, -0.15) is 0 Å². The number of rotatable bonds is 6. The maximum absolute atomic E-state index is 6.53. The van der Waals surface area contributed by atoms with Gasteiger partial charge >= 0.3 is 0 Å². The minimum atomic E-state index is -1.36. The highest BCUT2D eigenvalue weighted by molar-refractivity contribution is 6.62. The van der Waals surface area contributed by atoms with Gasteiger partial charge in [-0.15, -0.1) is 11.6 Å². The second-order valence-corrected chi connectivity index (χ2v) is 8.27. The van der Waals surface area contributed by atoms with Crippen molar-refractivity contribution >= 4 is 20.6 Å². The first-order chi connectivity index (χ1) is 9.72. The number of halogens is 1. The van der Waals surface area contributed by atoms with Gasteiger partial charge in [-0.1, -0.05) is 61.5 Å². The largest absolute Gasteiger partial charge is 0.419 e. The van der Waals surface area contributed by atoms with Gasteiger partial charge in [-0.05, 0) is 29.7 Å². The molecule has 0 aliphatic heterocycles. The van der Waals surface area contributed by atoms with E-state index in [1.165, 1.54) is 16.7 Å². The molecule has 2 rings (SSSR count). The molecule has 2 atom stereocenters. The van der Waals surface area contributed by atoms with Crippen LogP contribution in [0.5, 0.6) is 0 Å². The third-order valence-electron chi connectivity index (χ3n) is 3.33. The molecule has 0 N–H and O–H groups in total. The fourth-order valence-corrected chi connectivity index (χ4v) is 4.05. The standard InChI is InChI=1S/C17H21ClOSi/c1-3-13-19-20(2)17(18)16-11-9-15(10-12-16)14-7-5-4-6-8-14/h4-12,17,20H,3,13H2,1-2H3. The Morgan fingerprint density at radius 2 is 1.60 bits per heavy atom. The van der Waals surface area contributed by atoms with Gasteiger partial charge in [0.05, 0.1) is 5.00 Å². The summed E-state index contributed by atoms with van der Waals surface area (Å²) in [6.45, 7) is 5.11. The Bertz CT molecular complexity index is 512. The van der Waals surface area contributed by atoms with Gasteiger partial charge in [0.2, 0.25) is 0 Å². The van der Waals surface area contributed by atoms with E-state index < -0.39 is 9.04 Å². The average Bonchev–Trinajstić information content (AvgIpc) is 2.53. The maximum Gasteiger partial charge on any atom is 0.195 e. The van der Waals surface area contributed by atoms with Crippen LogP contribution in [0.3, 0.4) is 0 Å². The molecule has 2 aromatic carbocycles. The van der Waals surface area contributed by atoms with Crippen LogP contribution in [0.2, 0.25) is 6.55 Å². The van der Waals surface area contributed by atoms with Crippen molar-refractivity contribution in [3.05, 3.63) is 60.2 Å². The third-order valence-corrected chi connectivity index (χ3v) is 6.62. The van der Waals surface area contributed by atoms with E-state index >= 15 is 0 Å². The normalized spacial score (nSPS) is 13.9. The lowest BCUT2D eigenvalue weighted by Gasteiger charge is -2.17. The Labute approximate surface area is 128 Å². The van der Waals surface area contributed by atoms with Crippen LogP contribution < -0.4 is 0 Å². The minimum Gasteiger partial charge on any atom is -0.419 e. The molecule has 0 bridgehead atoms. The summed E-state index contributed by atoms with van der Waals surface area (Å²) >= 11 is 6.53. The van der Waals surface area contributed by atoms with E-state index in [-0.39, 0.29) is 5.00 Å². The first-order valence-electron chi connectivity index (χ1n) is 7.13. The highest BCUT2D eigenvalue weighted by atomic mass is 35.5. The van der Waals surface area contributed by atoms with Crippen molar-refractivity contribution in [3.63, 3.8) is 0 Å². The Hall–Kier alpha value is -1.09. The summed E-state index contributed by atoms with van der Waals surface area (Å²) in [4.78, 5) is 0. The smallest absolute Gasteiger partial charge is 0.195 e. The molecule has 0 radical (unpaired) electrons. The first kappa shape index (κ1) is 15.3. The van der Waals surface area contributed by atoms with E-state index in [0.29, 0.717) is 0 Å². The van der Waals surface area contributed by atoms with Crippen molar-refractivity contribution in [2.75, 3.05) is 6.61 Å². The lowest BCUT2D eigenvalue weighted by atomic mass is 10.0. The van der Waals surface area contributed by atoms with Gasteiger partial charge < -0.3 is 4.43 Å². The number of alkyl halides is 1. The predicted molar refractivity (Wildman–Crippen MR) is 89.7 cm³/mol. The van der Waals surface area contributed by atoms with Crippen LogP contribution in [0.4, 0.5) is 0 Å². The van der Waals surface area contributed by atoms with Crippen LogP contribution in [0.15, 0.2) is 54.6 Å². The summed E-state index contributed by atoms with van der Waals surface area (Å²) in [7, 11) is -1.36. The second-order valence-electron chi connectivity index (χ2n) is 4.97. The van der Waals surface area contributed by atoms with Crippen LogP contribution in [-0.4, -0.2) is 15.6 Å². The fraction of sp³-hybridized carbons (Fsp3) is 0.294. The Morgan fingerprint density at radius 3 is 2.20 bits per heavy atom. The van der Waals surface area contributed by atoms with E-state index in [1.807, 2.05) is 6.07 Å². The van der Waals surface area contributed by atoms with Crippen LogP contribution in [0.25, 0.3) is 11.1 Å². The third kappa shape index (κ3) is 3.95. The molecule has 20 heavy (non-hydrogen) atoms. The van der Waals surface area contributed by atoms with Gasteiger partial charge in [0, 0.05) is 6.61 Å². The summed E-state index contributed by atoms with van der Waals surface area (Å²) in [5, 5.41) is 0.0337. The zero-order valence-corrected chi connectivity index (χ0v) is 14.0. The van der Waals surface area contributed by atoms with Gasteiger partial charge in [0.25, 0.3) is 0 Å². The first-order valence-corrected chi connectivity index (χ1v) is 9.86. The molecule has 0 saturated carbocycles. The van der Waals surface area contributed by atoms with E-state index in [9.17, 15) is 0 Å². The molecule has 2 unspecified atom stereocenters. The Morgan fingerprint density at radius 1 is 1.00 bits per heavy atom. The van der Waals surface area contributed by atoms with Crippen molar-refractivity contribution < 1.29 is 4.43 Å². The quantitative estimate of drug-likeness (QED) is 0.542. The molecule has 0 aliphatic carbocycles. The van der Waals surface area contributed by atoms with E-state index in [0.717, 1.165) is 13.0 Å². The van der Waals surface area contributed by atoms with Gasteiger partial charge in [0.15, 0.2) is 9.04 Å². The molecule has 0 heterocycles. The predicted octanol–water partition coefficient (Wildman–Crippen LogP) is 4.95. The number of hydrogen-bond acceptors (Lipinski definition) is 1. The van der Waals surface area contributed by atoms with Crippen LogP contribution >= 0.6 is 11.6 Å².